The van der Waals surface area contributed by atoms with Gasteiger partial charge in [-0.2, -0.15) is 0 Å². The van der Waals surface area contributed by atoms with Crippen LogP contribution >= 0.6 is 0 Å². The van der Waals surface area contributed by atoms with Crippen molar-refractivity contribution in [2.45, 2.75) is 26.3 Å². The zero-order chi connectivity index (χ0) is 16.3. The molecule has 1 atom stereocenters. The van der Waals surface area contributed by atoms with Crippen molar-refractivity contribution < 1.29 is 4.79 Å². The van der Waals surface area contributed by atoms with E-state index >= 15 is 0 Å². The van der Waals surface area contributed by atoms with Crippen LogP contribution in [0.25, 0.3) is 0 Å². The maximum absolute atomic E-state index is 12.3. The molecule has 0 aliphatic rings. The highest BCUT2D eigenvalue weighted by Crippen LogP contribution is 2.09. The van der Waals surface area contributed by atoms with Crippen molar-refractivity contribution in [2.75, 3.05) is 7.05 Å². The van der Waals surface area contributed by atoms with Gasteiger partial charge >= 0.3 is 5.69 Å². The molecule has 22 heavy (non-hydrogen) atoms. The molecule has 7 heteroatoms. The van der Waals surface area contributed by atoms with Gasteiger partial charge in [0.15, 0.2) is 0 Å². The third kappa shape index (κ3) is 3.69. The number of nitrogens with zero attached hydrogens (tertiary/aromatic N) is 2. The summed E-state index contributed by atoms with van der Waals surface area (Å²) < 4.78 is 0. The summed E-state index contributed by atoms with van der Waals surface area (Å²) in [6, 6.07) is 4.82. The van der Waals surface area contributed by atoms with E-state index in [1.54, 1.807) is 13.2 Å². The van der Waals surface area contributed by atoms with Crippen LogP contribution in [0, 0.1) is 6.92 Å². The zero-order valence-electron chi connectivity index (χ0n) is 12.7. The number of rotatable bonds is 4. The highest BCUT2D eigenvalue weighted by Gasteiger charge is 2.19. The molecule has 2 heterocycles. The molecule has 116 valence electrons. The average molecular weight is 302 g/mol. The summed E-state index contributed by atoms with van der Waals surface area (Å²) >= 11 is 0. The van der Waals surface area contributed by atoms with E-state index in [4.69, 9.17) is 0 Å². The lowest BCUT2D eigenvalue weighted by Gasteiger charge is -2.24. The number of aryl methyl sites for hydroxylation is 1. The second kappa shape index (κ2) is 6.38. The predicted molar refractivity (Wildman–Crippen MR) is 81.9 cm³/mol. The van der Waals surface area contributed by atoms with E-state index in [1.165, 1.54) is 4.90 Å². The van der Waals surface area contributed by atoms with Gasteiger partial charge in [0.05, 0.1) is 0 Å². The predicted octanol–water partition coefficient (Wildman–Crippen LogP) is 0.470. The van der Waals surface area contributed by atoms with Gasteiger partial charge in [0, 0.05) is 37.5 Å². The number of carbonyl (C=O) groups excluding carboxylic acids is 1. The minimum absolute atomic E-state index is 0.0275. The van der Waals surface area contributed by atoms with Crippen molar-refractivity contribution in [1.29, 1.82) is 0 Å². The van der Waals surface area contributed by atoms with E-state index in [9.17, 15) is 14.4 Å². The fourth-order valence-corrected chi connectivity index (χ4v) is 2.12. The van der Waals surface area contributed by atoms with Gasteiger partial charge in [-0.15, -0.1) is 0 Å². The molecule has 0 aliphatic carbocycles. The lowest BCUT2D eigenvalue weighted by Crippen LogP contribution is -2.39. The molecule has 2 rings (SSSR count). The number of aromatic nitrogens is 3. The number of likely N-dealkylation sites (N-methyl/N-ethyl adjacent to an activating group) is 1. The van der Waals surface area contributed by atoms with Crippen LogP contribution in [-0.2, 0) is 6.42 Å². The van der Waals surface area contributed by atoms with E-state index in [-0.39, 0.29) is 11.7 Å². The van der Waals surface area contributed by atoms with Crippen LogP contribution in [0.5, 0.6) is 0 Å². The summed E-state index contributed by atoms with van der Waals surface area (Å²) in [6.45, 7) is 3.86. The average Bonchev–Trinajstić information content (AvgIpc) is 2.44. The number of carbonyl (C=O) groups is 1. The first-order chi connectivity index (χ1) is 10.4. The fraction of sp³-hybridized carbons (Fsp3) is 0.333. The number of aromatic amines is 2. The van der Waals surface area contributed by atoms with Crippen LogP contribution in [0.3, 0.4) is 0 Å². The quantitative estimate of drug-likeness (QED) is 0.857. The molecule has 2 aromatic heterocycles. The summed E-state index contributed by atoms with van der Waals surface area (Å²) in [5.41, 5.74) is 0.655. The van der Waals surface area contributed by atoms with Gasteiger partial charge in [0.25, 0.3) is 11.5 Å². The Bertz CT molecular complexity index is 765. The largest absolute Gasteiger partial charge is 0.337 e. The third-order valence-corrected chi connectivity index (χ3v) is 3.45. The topological polar surface area (TPSA) is 98.9 Å². The van der Waals surface area contributed by atoms with Gasteiger partial charge in [-0.3, -0.25) is 19.6 Å². The number of amides is 1. The molecule has 1 unspecified atom stereocenters. The number of hydrogen-bond acceptors (Lipinski definition) is 4. The monoisotopic (exact) mass is 302 g/mol. The molecule has 2 N–H and O–H groups in total. The molecule has 0 saturated carbocycles. The fourth-order valence-electron chi connectivity index (χ4n) is 2.12. The van der Waals surface area contributed by atoms with Crippen LogP contribution in [0.15, 0.2) is 34.0 Å². The highest BCUT2D eigenvalue weighted by molar-refractivity contribution is 5.92. The van der Waals surface area contributed by atoms with Crippen LogP contribution in [0.4, 0.5) is 0 Å². The van der Waals surface area contributed by atoms with Crippen LogP contribution in [0.2, 0.25) is 0 Å². The minimum atomic E-state index is -0.697. The molecule has 0 spiro atoms. The Morgan fingerprint density at radius 1 is 1.32 bits per heavy atom. The van der Waals surface area contributed by atoms with E-state index in [0.717, 1.165) is 17.3 Å². The molecular formula is C15H18N4O3. The first-order valence-corrected chi connectivity index (χ1v) is 6.89. The van der Waals surface area contributed by atoms with Gasteiger partial charge in [0.1, 0.15) is 5.69 Å². The standard InChI is InChI=1S/C15H18N4O3/c1-9-4-5-16-11(6-9)7-10(2)19(3)14(21)12-8-13(20)18-15(22)17-12/h4-6,8,10H,7H2,1-3H3,(H2,17,18,20,22). The first-order valence-electron chi connectivity index (χ1n) is 6.89. The van der Waals surface area contributed by atoms with Crippen molar-refractivity contribution in [1.82, 2.24) is 19.9 Å². The number of hydrogen-bond donors (Lipinski definition) is 2. The Morgan fingerprint density at radius 3 is 2.68 bits per heavy atom. The number of nitrogens with one attached hydrogen (secondary N) is 2. The molecule has 0 aromatic carbocycles. The second-order valence-electron chi connectivity index (χ2n) is 5.30. The summed E-state index contributed by atoms with van der Waals surface area (Å²) in [4.78, 5) is 45.0. The van der Waals surface area contributed by atoms with Crippen LogP contribution in [-0.4, -0.2) is 38.8 Å². The van der Waals surface area contributed by atoms with Crippen molar-refractivity contribution in [2.24, 2.45) is 0 Å². The second-order valence-corrected chi connectivity index (χ2v) is 5.30. The minimum Gasteiger partial charge on any atom is -0.337 e. The van der Waals surface area contributed by atoms with E-state index < -0.39 is 17.2 Å². The maximum Gasteiger partial charge on any atom is 0.326 e. The van der Waals surface area contributed by atoms with Gasteiger partial charge in [0.2, 0.25) is 0 Å². The molecule has 2 aromatic rings. The molecule has 0 aliphatic heterocycles. The maximum atomic E-state index is 12.3. The molecule has 0 fully saturated rings. The Morgan fingerprint density at radius 2 is 2.05 bits per heavy atom. The molecule has 7 nitrogen and oxygen atoms in total. The summed E-state index contributed by atoms with van der Waals surface area (Å²) in [7, 11) is 1.63. The Kier molecular flexibility index (Phi) is 4.55. The molecule has 1 amide bonds. The van der Waals surface area contributed by atoms with Gasteiger partial charge < -0.3 is 9.88 Å². The number of H-pyrrole nitrogens is 2. The number of pyridine rings is 1. The van der Waals surface area contributed by atoms with Crippen molar-refractivity contribution in [3.05, 3.63) is 62.2 Å². The van der Waals surface area contributed by atoms with Crippen molar-refractivity contribution in [3.63, 3.8) is 0 Å². The van der Waals surface area contributed by atoms with Gasteiger partial charge in [-0.25, -0.2) is 4.79 Å². The normalized spacial score (nSPS) is 12.0. The van der Waals surface area contributed by atoms with E-state index in [1.807, 2.05) is 31.0 Å². The first kappa shape index (κ1) is 15.7. The van der Waals surface area contributed by atoms with Crippen LogP contribution < -0.4 is 11.2 Å². The zero-order valence-corrected chi connectivity index (χ0v) is 12.7. The lowest BCUT2D eigenvalue weighted by atomic mass is 10.1. The third-order valence-electron chi connectivity index (χ3n) is 3.45. The summed E-state index contributed by atoms with van der Waals surface area (Å²) in [5, 5.41) is 0. The Labute approximate surface area is 127 Å². The molecule has 0 saturated heterocycles. The van der Waals surface area contributed by atoms with E-state index in [0.29, 0.717) is 6.42 Å². The van der Waals surface area contributed by atoms with Crippen molar-refractivity contribution >= 4 is 5.91 Å². The molecule has 0 radical (unpaired) electrons. The highest BCUT2D eigenvalue weighted by atomic mass is 16.2. The van der Waals surface area contributed by atoms with Gasteiger partial charge in [-0.1, -0.05) is 0 Å². The molecule has 0 bridgehead atoms. The SMILES string of the molecule is Cc1ccnc(CC(C)N(C)C(=O)c2cc(=O)[nH]c(=O)[nH]2)c1. The van der Waals surface area contributed by atoms with Gasteiger partial charge in [-0.05, 0) is 31.5 Å². The summed E-state index contributed by atoms with van der Waals surface area (Å²) in [5.74, 6) is -0.414. The summed E-state index contributed by atoms with van der Waals surface area (Å²) in [6.07, 6.45) is 2.31. The lowest BCUT2D eigenvalue weighted by molar-refractivity contribution is 0.0736. The smallest absolute Gasteiger partial charge is 0.326 e. The van der Waals surface area contributed by atoms with Crippen molar-refractivity contribution in [3.8, 4) is 0 Å². The Balaban J connectivity index is 2.15. The Hall–Kier alpha value is -2.70. The molecular weight excluding hydrogens is 284 g/mol. The van der Waals surface area contributed by atoms with E-state index in [2.05, 4.69) is 9.97 Å². The van der Waals surface area contributed by atoms with Crippen LogP contribution in [0.1, 0.15) is 28.7 Å².